The van der Waals surface area contributed by atoms with Crippen LogP contribution in [0.3, 0.4) is 0 Å². The normalized spacial score (nSPS) is 12.7. The number of aliphatic hydroxyl groups excluding tert-OH is 1. The molecule has 0 aliphatic heterocycles. The molecule has 0 saturated carbocycles. The lowest BCUT2D eigenvalue weighted by molar-refractivity contribution is 0.154. The van der Waals surface area contributed by atoms with Gasteiger partial charge in [-0.15, -0.1) is 0 Å². The van der Waals surface area contributed by atoms with Crippen LogP contribution in [0.4, 0.5) is 0 Å². The van der Waals surface area contributed by atoms with Gasteiger partial charge in [0.15, 0.2) is 5.58 Å². The summed E-state index contributed by atoms with van der Waals surface area (Å²) < 4.78 is 6.64. The van der Waals surface area contributed by atoms with Crippen LogP contribution in [0.2, 0.25) is 0 Å². The molecular formula is C17H17NO3. The van der Waals surface area contributed by atoms with Crippen LogP contribution in [0.25, 0.3) is 11.1 Å². The van der Waals surface area contributed by atoms with Crippen LogP contribution >= 0.6 is 0 Å². The van der Waals surface area contributed by atoms with Gasteiger partial charge in [0.2, 0.25) is 0 Å². The molecule has 0 aliphatic rings. The summed E-state index contributed by atoms with van der Waals surface area (Å²) in [6, 6.07) is 13.0. The number of rotatable bonds is 3. The predicted octanol–water partition coefficient (Wildman–Crippen LogP) is 2.94. The first-order valence-electron chi connectivity index (χ1n) is 6.90. The first-order chi connectivity index (χ1) is 10.1. The van der Waals surface area contributed by atoms with Crippen molar-refractivity contribution in [1.82, 2.24) is 4.57 Å². The second-order valence-corrected chi connectivity index (χ2v) is 5.31. The number of nitrogens with zero attached hydrogens (tertiary/aromatic N) is 1. The molecule has 4 nitrogen and oxygen atoms in total. The van der Waals surface area contributed by atoms with Gasteiger partial charge < -0.3 is 9.52 Å². The molecule has 0 bridgehead atoms. The molecule has 108 valence electrons. The van der Waals surface area contributed by atoms with Crippen molar-refractivity contribution < 1.29 is 9.52 Å². The minimum atomic E-state index is -0.747. The Morgan fingerprint density at radius 1 is 1.14 bits per heavy atom. The monoisotopic (exact) mass is 283 g/mol. The van der Waals surface area contributed by atoms with Gasteiger partial charge in [-0.2, -0.15) is 0 Å². The first-order valence-corrected chi connectivity index (χ1v) is 6.90. The van der Waals surface area contributed by atoms with Gasteiger partial charge in [-0.1, -0.05) is 30.3 Å². The Hall–Kier alpha value is -2.33. The van der Waals surface area contributed by atoms with Crippen LogP contribution in [0, 0.1) is 13.8 Å². The van der Waals surface area contributed by atoms with Crippen molar-refractivity contribution in [3.05, 3.63) is 69.7 Å². The third-order valence-electron chi connectivity index (χ3n) is 3.84. The Bertz CT molecular complexity index is 845. The van der Waals surface area contributed by atoms with Crippen LogP contribution in [0.1, 0.15) is 22.8 Å². The van der Waals surface area contributed by atoms with Crippen molar-refractivity contribution in [2.24, 2.45) is 0 Å². The summed E-state index contributed by atoms with van der Waals surface area (Å²) in [5.41, 5.74) is 4.34. The molecule has 0 fully saturated rings. The van der Waals surface area contributed by atoms with E-state index >= 15 is 0 Å². The fraction of sp³-hybridized carbons (Fsp3) is 0.235. The zero-order chi connectivity index (χ0) is 15.0. The minimum Gasteiger partial charge on any atom is -0.408 e. The number of hydrogen-bond donors (Lipinski definition) is 1. The topological polar surface area (TPSA) is 55.4 Å². The molecule has 1 aromatic heterocycles. The van der Waals surface area contributed by atoms with E-state index in [0.29, 0.717) is 11.1 Å². The van der Waals surface area contributed by atoms with Gasteiger partial charge in [-0.3, -0.25) is 4.57 Å². The van der Waals surface area contributed by atoms with Crippen LogP contribution in [-0.4, -0.2) is 9.67 Å². The SMILES string of the molecule is Cc1ccc(C(O)Cn2c(=O)oc3ccccc32)cc1C. The smallest absolute Gasteiger partial charge is 0.408 e. The summed E-state index contributed by atoms with van der Waals surface area (Å²) in [5, 5.41) is 10.4. The van der Waals surface area contributed by atoms with E-state index in [0.717, 1.165) is 11.1 Å². The number of aromatic nitrogens is 1. The van der Waals surface area contributed by atoms with E-state index in [2.05, 4.69) is 0 Å². The molecule has 2 aromatic carbocycles. The summed E-state index contributed by atoms with van der Waals surface area (Å²) >= 11 is 0. The van der Waals surface area contributed by atoms with Crippen LogP contribution in [0.5, 0.6) is 0 Å². The van der Waals surface area contributed by atoms with E-state index in [1.807, 2.05) is 50.2 Å². The molecule has 0 radical (unpaired) electrons. The molecule has 0 spiro atoms. The molecular weight excluding hydrogens is 266 g/mol. The molecule has 21 heavy (non-hydrogen) atoms. The largest absolute Gasteiger partial charge is 0.420 e. The number of aryl methyl sites for hydroxylation is 2. The minimum absolute atomic E-state index is 0.179. The van der Waals surface area contributed by atoms with Crippen molar-refractivity contribution in [2.75, 3.05) is 0 Å². The average molecular weight is 283 g/mol. The highest BCUT2D eigenvalue weighted by atomic mass is 16.4. The number of aliphatic hydroxyl groups is 1. The van der Waals surface area contributed by atoms with Gasteiger partial charge in [-0.25, -0.2) is 4.79 Å². The number of benzene rings is 2. The molecule has 1 atom stereocenters. The number of oxazole rings is 1. The van der Waals surface area contributed by atoms with Gasteiger partial charge in [0, 0.05) is 0 Å². The van der Waals surface area contributed by atoms with Gasteiger partial charge in [0.25, 0.3) is 0 Å². The van der Waals surface area contributed by atoms with Gasteiger partial charge >= 0.3 is 5.76 Å². The molecule has 1 N–H and O–H groups in total. The third kappa shape index (κ3) is 2.50. The quantitative estimate of drug-likeness (QED) is 0.804. The Labute approximate surface area is 122 Å². The number of para-hydroxylation sites is 2. The molecule has 4 heteroatoms. The summed E-state index contributed by atoms with van der Waals surface area (Å²) in [5.74, 6) is -0.445. The highest BCUT2D eigenvalue weighted by Gasteiger charge is 2.14. The predicted molar refractivity (Wildman–Crippen MR) is 81.3 cm³/mol. The van der Waals surface area contributed by atoms with Crippen molar-refractivity contribution >= 4 is 11.1 Å². The maximum Gasteiger partial charge on any atom is 0.420 e. The lowest BCUT2D eigenvalue weighted by Crippen LogP contribution is -2.19. The summed E-state index contributed by atoms with van der Waals surface area (Å²) in [7, 11) is 0. The molecule has 0 aliphatic carbocycles. The van der Waals surface area contributed by atoms with E-state index in [4.69, 9.17) is 4.42 Å². The van der Waals surface area contributed by atoms with Gasteiger partial charge in [-0.05, 0) is 42.7 Å². The molecule has 1 heterocycles. The second kappa shape index (κ2) is 5.22. The highest BCUT2D eigenvalue weighted by Crippen LogP contribution is 2.20. The number of fused-ring (bicyclic) bond motifs is 1. The van der Waals surface area contributed by atoms with Gasteiger partial charge in [0.1, 0.15) is 0 Å². The lowest BCUT2D eigenvalue weighted by atomic mass is 10.0. The zero-order valence-corrected chi connectivity index (χ0v) is 12.0. The van der Waals surface area contributed by atoms with Crippen molar-refractivity contribution in [3.8, 4) is 0 Å². The highest BCUT2D eigenvalue weighted by molar-refractivity contribution is 5.72. The number of hydrogen-bond acceptors (Lipinski definition) is 3. The van der Waals surface area contributed by atoms with Crippen molar-refractivity contribution in [2.45, 2.75) is 26.5 Å². The van der Waals surface area contributed by atoms with E-state index in [1.165, 1.54) is 10.1 Å². The summed E-state index contributed by atoms with van der Waals surface area (Å²) in [6.45, 7) is 4.21. The van der Waals surface area contributed by atoms with E-state index in [1.54, 1.807) is 6.07 Å². The Morgan fingerprint density at radius 3 is 2.67 bits per heavy atom. The maximum absolute atomic E-state index is 11.9. The summed E-state index contributed by atoms with van der Waals surface area (Å²) in [6.07, 6.45) is -0.747. The lowest BCUT2D eigenvalue weighted by Gasteiger charge is -2.13. The average Bonchev–Trinajstić information content (AvgIpc) is 2.78. The Balaban J connectivity index is 1.96. The fourth-order valence-electron chi connectivity index (χ4n) is 2.44. The van der Waals surface area contributed by atoms with E-state index < -0.39 is 11.9 Å². The van der Waals surface area contributed by atoms with E-state index in [-0.39, 0.29) is 6.54 Å². The van der Waals surface area contributed by atoms with Crippen LogP contribution < -0.4 is 5.76 Å². The van der Waals surface area contributed by atoms with Crippen molar-refractivity contribution in [3.63, 3.8) is 0 Å². The second-order valence-electron chi connectivity index (χ2n) is 5.31. The zero-order valence-electron chi connectivity index (χ0n) is 12.0. The van der Waals surface area contributed by atoms with Crippen LogP contribution in [0.15, 0.2) is 51.7 Å². The molecule has 3 aromatic rings. The maximum atomic E-state index is 11.9. The third-order valence-corrected chi connectivity index (χ3v) is 3.84. The fourth-order valence-corrected chi connectivity index (χ4v) is 2.44. The van der Waals surface area contributed by atoms with Crippen LogP contribution in [-0.2, 0) is 6.54 Å². The molecule has 3 rings (SSSR count). The Morgan fingerprint density at radius 2 is 1.90 bits per heavy atom. The summed E-state index contributed by atoms with van der Waals surface area (Å²) in [4.78, 5) is 11.9. The van der Waals surface area contributed by atoms with E-state index in [9.17, 15) is 9.90 Å². The first kappa shape index (κ1) is 13.6. The molecule has 0 amide bonds. The van der Waals surface area contributed by atoms with Crippen molar-refractivity contribution in [1.29, 1.82) is 0 Å². The Kier molecular flexibility index (Phi) is 3.39. The molecule has 1 unspecified atom stereocenters. The van der Waals surface area contributed by atoms with Gasteiger partial charge in [0.05, 0.1) is 18.2 Å². The standard InChI is InChI=1S/C17H17NO3/c1-11-7-8-13(9-12(11)2)15(19)10-18-14-5-3-4-6-16(14)21-17(18)20/h3-9,15,19H,10H2,1-2H3. The molecule has 0 saturated heterocycles.